The Kier molecular flexibility index (Phi) is 10.1. The van der Waals surface area contributed by atoms with Crippen LogP contribution in [0, 0.1) is 5.82 Å². The third kappa shape index (κ3) is 7.22. The fraction of sp³-hybridized carbons (Fsp3) is 0.286. The molecule has 0 aliphatic rings. The van der Waals surface area contributed by atoms with Crippen LogP contribution >= 0.6 is 8.58 Å². The quantitative estimate of drug-likeness (QED) is 0.105. The van der Waals surface area contributed by atoms with Crippen LogP contribution in [0.3, 0.4) is 0 Å². The Bertz CT molecular complexity index is 1370. The van der Waals surface area contributed by atoms with Gasteiger partial charge in [0.2, 0.25) is 0 Å². The van der Waals surface area contributed by atoms with E-state index in [0.717, 1.165) is 72.4 Å². The fourth-order valence-corrected chi connectivity index (χ4v) is 7.17. The van der Waals surface area contributed by atoms with Gasteiger partial charge in [0, 0.05) is 22.7 Å². The first kappa shape index (κ1) is 28.7. The van der Waals surface area contributed by atoms with Gasteiger partial charge in [-0.1, -0.05) is 121 Å². The van der Waals surface area contributed by atoms with Crippen LogP contribution in [-0.4, -0.2) is 11.4 Å². The summed E-state index contributed by atoms with van der Waals surface area (Å²) in [7, 11) is 0.224. The van der Waals surface area contributed by atoms with E-state index in [1.54, 1.807) is 6.07 Å². The molecule has 0 bridgehead atoms. The Hall–Kier alpha value is -3.29. The van der Waals surface area contributed by atoms with Crippen LogP contribution < -0.4 is 5.30 Å². The predicted octanol–water partition coefficient (Wildman–Crippen LogP) is 8.72. The Morgan fingerprint density at radius 3 is 2.10 bits per heavy atom. The molecule has 0 spiro atoms. The average molecular weight is 541 g/mol. The van der Waals surface area contributed by atoms with E-state index in [9.17, 15) is 14.3 Å². The number of benzene rings is 4. The lowest BCUT2D eigenvalue weighted by Gasteiger charge is -2.36. The Balaban J connectivity index is 1.87. The molecule has 0 amide bonds. The van der Waals surface area contributed by atoms with Crippen molar-refractivity contribution in [2.75, 3.05) is 0 Å². The SMILES string of the molecule is CCCCCC(CC)(Pc1ccc(F)cc1C=O)c1cc(Cc2ccccc2)cc(Cc2ccccc2)c1O. The van der Waals surface area contributed by atoms with Crippen molar-refractivity contribution in [3.8, 4) is 5.75 Å². The van der Waals surface area contributed by atoms with Gasteiger partial charge in [-0.25, -0.2) is 4.39 Å². The van der Waals surface area contributed by atoms with Crippen LogP contribution in [0.5, 0.6) is 5.75 Å². The van der Waals surface area contributed by atoms with E-state index in [0.29, 0.717) is 17.7 Å². The second kappa shape index (κ2) is 13.7. The number of aldehydes is 1. The molecule has 1 N–H and O–H groups in total. The van der Waals surface area contributed by atoms with E-state index in [4.69, 9.17) is 0 Å². The topological polar surface area (TPSA) is 37.3 Å². The largest absolute Gasteiger partial charge is 0.507 e. The van der Waals surface area contributed by atoms with Crippen molar-refractivity contribution in [3.63, 3.8) is 0 Å². The molecular formula is C35H38FO2P. The number of carbonyl (C=O) groups is 1. The first-order valence-electron chi connectivity index (χ1n) is 13.9. The summed E-state index contributed by atoms with van der Waals surface area (Å²) >= 11 is 0. The molecule has 4 aromatic carbocycles. The molecule has 0 aromatic heterocycles. The van der Waals surface area contributed by atoms with E-state index in [1.807, 2.05) is 24.3 Å². The highest BCUT2D eigenvalue weighted by molar-refractivity contribution is 7.48. The third-order valence-electron chi connectivity index (χ3n) is 7.58. The van der Waals surface area contributed by atoms with Gasteiger partial charge in [-0.2, -0.15) is 0 Å². The van der Waals surface area contributed by atoms with Gasteiger partial charge in [0.25, 0.3) is 0 Å². The van der Waals surface area contributed by atoms with Gasteiger partial charge in [0.1, 0.15) is 11.6 Å². The van der Waals surface area contributed by atoms with Gasteiger partial charge in [-0.15, -0.1) is 0 Å². The fourth-order valence-electron chi connectivity index (χ4n) is 5.41. The average Bonchev–Trinajstić information content (AvgIpc) is 2.96. The highest BCUT2D eigenvalue weighted by Gasteiger charge is 2.35. The second-order valence-corrected chi connectivity index (χ2v) is 12.1. The van der Waals surface area contributed by atoms with Gasteiger partial charge in [0.05, 0.1) is 0 Å². The monoisotopic (exact) mass is 540 g/mol. The van der Waals surface area contributed by atoms with Crippen molar-refractivity contribution in [2.45, 2.75) is 63.9 Å². The molecule has 2 atom stereocenters. The number of phenols is 1. The van der Waals surface area contributed by atoms with Gasteiger partial charge in [-0.3, -0.25) is 4.79 Å². The lowest BCUT2D eigenvalue weighted by Crippen LogP contribution is -2.25. The Morgan fingerprint density at radius 2 is 1.49 bits per heavy atom. The molecule has 4 heteroatoms. The van der Waals surface area contributed by atoms with Crippen LogP contribution in [0.2, 0.25) is 0 Å². The number of aromatic hydroxyl groups is 1. The molecular weight excluding hydrogens is 502 g/mol. The third-order valence-corrected chi connectivity index (χ3v) is 9.65. The normalized spacial score (nSPS) is 13.0. The summed E-state index contributed by atoms with van der Waals surface area (Å²) in [4.78, 5) is 11.9. The smallest absolute Gasteiger partial charge is 0.150 e. The zero-order valence-electron chi connectivity index (χ0n) is 22.9. The zero-order chi connectivity index (χ0) is 27.7. The molecule has 0 saturated heterocycles. The van der Waals surface area contributed by atoms with E-state index in [-0.39, 0.29) is 13.7 Å². The molecule has 2 unspecified atom stereocenters. The molecule has 0 aliphatic carbocycles. The van der Waals surface area contributed by atoms with Crippen molar-refractivity contribution in [1.29, 1.82) is 0 Å². The van der Waals surface area contributed by atoms with E-state index >= 15 is 0 Å². The Morgan fingerprint density at radius 1 is 0.821 bits per heavy atom. The van der Waals surface area contributed by atoms with Gasteiger partial charge >= 0.3 is 0 Å². The maximum atomic E-state index is 14.0. The van der Waals surface area contributed by atoms with Crippen LogP contribution in [0.25, 0.3) is 0 Å². The summed E-state index contributed by atoms with van der Waals surface area (Å²) in [5.41, 5.74) is 5.78. The number of halogens is 1. The second-order valence-electron chi connectivity index (χ2n) is 10.3. The first-order chi connectivity index (χ1) is 19.0. The van der Waals surface area contributed by atoms with Crippen molar-refractivity contribution < 1.29 is 14.3 Å². The number of unbranched alkanes of at least 4 members (excludes halogenated alkanes) is 2. The number of phenolic OH excluding ortho intramolecular Hbond substituents is 1. The summed E-state index contributed by atoms with van der Waals surface area (Å²) in [6.07, 6.45) is 7.06. The highest BCUT2D eigenvalue weighted by Crippen LogP contribution is 2.52. The molecule has 0 radical (unpaired) electrons. The van der Waals surface area contributed by atoms with Crippen molar-refractivity contribution in [3.05, 3.63) is 130 Å². The summed E-state index contributed by atoms with van der Waals surface area (Å²) in [6.45, 7) is 4.36. The maximum absolute atomic E-state index is 14.0. The van der Waals surface area contributed by atoms with Gasteiger partial charge < -0.3 is 5.11 Å². The lowest BCUT2D eigenvalue weighted by molar-refractivity contribution is 0.112. The van der Waals surface area contributed by atoms with Crippen molar-refractivity contribution in [2.24, 2.45) is 0 Å². The number of carbonyl (C=O) groups excluding carboxylic acids is 1. The summed E-state index contributed by atoms with van der Waals surface area (Å²) in [5, 5.41) is 12.4. The maximum Gasteiger partial charge on any atom is 0.150 e. The molecule has 0 fully saturated rings. The van der Waals surface area contributed by atoms with Crippen molar-refractivity contribution in [1.82, 2.24) is 0 Å². The lowest BCUT2D eigenvalue weighted by atomic mass is 9.85. The first-order valence-corrected chi connectivity index (χ1v) is 14.9. The molecule has 0 heterocycles. The molecule has 202 valence electrons. The van der Waals surface area contributed by atoms with Crippen LogP contribution in [0.15, 0.2) is 91.0 Å². The number of hydrogen-bond acceptors (Lipinski definition) is 2. The van der Waals surface area contributed by atoms with Crippen LogP contribution in [-0.2, 0) is 18.0 Å². The van der Waals surface area contributed by atoms with Crippen molar-refractivity contribution >= 4 is 20.2 Å². The van der Waals surface area contributed by atoms with E-state index in [1.165, 1.54) is 17.7 Å². The predicted molar refractivity (Wildman–Crippen MR) is 162 cm³/mol. The highest BCUT2D eigenvalue weighted by atomic mass is 31.1. The van der Waals surface area contributed by atoms with Crippen LogP contribution in [0.4, 0.5) is 4.39 Å². The molecule has 2 nitrogen and oxygen atoms in total. The number of rotatable bonds is 13. The van der Waals surface area contributed by atoms with Crippen LogP contribution in [0.1, 0.15) is 84.1 Å². The molecule has 0 aliphatic heterocycles. The molecule has 39 heavy (non-hydrogen) atoms. The summed E-state index contributed by atoms with van der Waals surface area (Å²) in [5.74, 6) is -0.0622. The molecule has 4 rings (SSSR count). The minimum atomic E-state index is -0.406. The summed E-state index contributed by atoms with van der Waals surface area (Å²) in [6, 6.07) is 29.5. The minimum Gasteiger partial charge on any atom is -0.507 e. The Labute approximate surface area is 234 Å². The molecule has 4 aromatic rings. The zero-order valence-corrected chi connectivity index (χ0v) is 23.9. The van der Waals surface area contributed by atoms with Gasteiger partial charge in [0.15, 0.2) is 6.29 Å². The standard InChI is InChI=1S/C35H38FO2P/c1-3-5-12-19-35(4-2,39-33-18-17-31(36)24-30(33)25-37)32-23-28(20-26-13-8-6-9-14-26)22-29(34(32)38)21-27-15-10-7-11-16-27/h6-11,13-18,22-25,38-39H,3-5,12,19-21H2,1-2H3. The molecule has 0 saturated carbocycles. The minimum absolute atomic E-state index is 0.224. The van der Waals surface area contributed by atoms with E-state index in [2.05, 4.69) is 62.4 Å². The van der Waals surface area contributed by atoms with Gasteiger partial charge in [-0.05, 0) is 59.0 Å². The number of hydrogen-bond donors (Lipinski definition) is 1. The summed E-state index contributed by atoms with van der Waals surface area (Å²) < 4.78 is 14.0. The van der Waals surface area contributed by atoms with E-state index < -0.39 is 5.82 Å².